The minimum absolute atomic E-state index is 1.08. The zero-order valence-electron chi connectivity index (χ0n) is 28.9. The Morgan fingerprint density at radius 3 is 1.76 bits per heavy atom. The summed E-state index contributed by atoms with van der Waals surface area (Å²) in [7, 11) is 0. The van der Waals surface area contributed by atoms with Crippen molar-refractivity contribution >= 4 is 32.3 Å². The first-order chi connectivity index (χ1) is 24.8. The number of rotatable bonds is 10. The molecule has 0 unspecified atom stereocenters. The molecule has 1 aliphatic carbocycles. The van der Waals surface area contributed by atoms with Crippen LogP contribution in [0.4, 0.5) is 0 Å². The van der Waals surface area contributed by atoms with Gasteiger partial charge in [-0.2, -0.15) is 0 Å². The molecule has 0 fully saturated rings. The Kier molecular flexibility index (Phi) is 8.02. The average molecular weight is 643 g/mol. The van der Waals surface area contributed by atoms with Crippen molar-refractivity contribution in [1.29, 1.82) is 0 Å². The molecule has 8 aromatic rings. The third kappa shape index (κ3) is 5.22. The van der Waals surface area contributed by atoms with Gasteiger partial charge in [0, 0.05) is 0 Å². The first-order valence-corrected chi connectivity index (χ1v) is 18.6. The molecule has 0 spiro atoms. The number of aryl methyl sites for hydroxylation is 1. The summed E-state index contributed by atoms with van der Waals surface area (Å²) in [6.45, 7) is 2.30. The second-order valence-corrected chi connectivity index (χ2v) is 14.1. The van der Waals surface area contributed by atoms with Gasteiger partial charge in [-0.05, 0) is 118 Å². The van der Waals surface area contributed by atoms with Crippen LogP contribution in [0.3, 0.4) is 0 Å². The highest BCUT2D eigenvalue weighted by molar-refractivity contribution is 6.24. The number of hydrogen-bond acceptors (Lipinski definition) is 0. The van der Waals surface area contributed by atoms with Crippen molar-refractivity contribution in [2.75, 3.05) is 0 Å². The molecule has 8 aromatic carbocycles. The normalized spacial score (nSPS) is 11.9. The van der Waals surface area contributed by atoms with E-state index in [9.17, 15) is 0 Å². The molecule has 242 valence electrons. The quantitative estimate of drug-likeness (QED) is 0.103. The van der Waals surface area contributed by atoms with Crippen molar-refractivity contribution in [1.82, 2.24) is 0 Å². The van der Waals surface area contributed by atoms with Crippen molar-refractivity contribution in [3.8, 4) is 55.6 Å². The summed E-state index contributed by atoms with van der Waals surface area (Å²) in [5.41, 5.74) is 14.8. The van der Waals surface area contributed by atoms with Gasteiger partial charge in [0.25, 0.3) is 0 Å². The van der Waals surface area contributed by atoms with Crippen LogP contribution < -0.4 is 0 Å². The first-order valence-electron chi connectivity index (χ1n) is 18.6. The Labute approximate surface area is 296 Å². The van der Waals surface area contributed by atoms with Gasteiger partial charge in [-0.1, -0.05) is 179 Å². The predicted octanol–water partition coefficient (Wildman–Crippen LogP) is 14.7. The molecule has 9 rings (SSSR count). The molecule has 0 aliphatic heterocycles. The standard InChI is InChI=1S/C50H42/c1-2-3-4-5-6-9-24-39-32-40-26-17-27-42-44-30-29-41(34-18-10-7-11-19-34)46(35-20-12-8-13-21-35)49(44)50(47(40)42)48(39)43-28-16-25-38-31-36-22-14-15-23-37(36)33-45(38)43/h7-8,10-23,25-33H,2-6,9,24H2,1H3. The number of fused-ring (bicyclic) bond motifs is 5. The zero-order valence-corrected chi connectivity index (χ0v) is 28.9. The highest BCUT2D eigenvalue weighted by Crippen LogP contribution is 2.58. The lowest BCUT2D eigenvalue weighted by molar-refractivity contribution is 0.608. The Morgan fingerprint density at radius 2 is 0.980 bits per heavy atom. The number of benzene rings is 8. The second-order valence-electron chi connectivity index (χ2n) is 14.1. The second kappa shape index (κ2) is 13.1. The summed E-state index contributed by atoms with van der Waals surface area (Å²) in [5, 5.41) is 7.96. The van der Waals surface area contributed by atoms with Gasteiger partial charge in [0.05, 0.1) is 0 Å². The van der Waals surface area contributed by atoms with E-state index >= 15 is 0 Å². The molecule has 0 amide bonds. The molecule has 0 saturated heterocycles. The number of unbranched alkanes of at least 4 members (excludes halogenated alkanes) is 5. The zero-order chi connectivity index (χ0) is 33.4. The SMILES string of the molecule is CCCCCCCCc1cc2cccc3c2c(c1-c1cccc2cc4ccccc4cc12)-c1c-3ccc(-c2ccccc2)c1-c1ccccc1. The molecular formula is C50H42. The topological polar surface area (TPSA) is 0 Å². The molecule has 50 heavy (non-hydrogen) atoms. The van der Waals surface area contributed by atoms with Crippen LogP contribution in [0.15, 0.2) is 152 Å². The van der Waals surface area contributed by atoms with E-state index in [0.717, 1.165) is 6.42 Å². The maximum absolute atomic E-state index is 2.54. The lowest BCUT2D eigenvalue weighted by Crippen LogP contribution is -1.98. The van der Waals surface area contributed by atoms with Crippen LogP contribution in [0.25, 0.3) is 88.0 Å². The van der Waals surface area contributed by atoms with E-state index in [1.54, 1.807) is 0 Å². The average Bonchev–Trinajstić information content (AvgIpc) is 3.51. The van der Waals surface area contributed by atoms with E-state index in [2.05, 4.69) is 159 Å². The van der Waals surface area contributed by atoms with E-state index in [1.165, 1.54) is 132 Å². The molecule has 0 N–H and O–H groups in total. The van der Waals surface area contributed by atoms with Crippen LogP contribution in [0, 0.1) is 0 Å². The summed E-state index contributed by atoms with van der Waals surface area (Å²) in [5.74, 6) is 0. The Bertz CT molecular complexity index is 2500. The molecule has 0 atom stereocenters. The van der Waals surface area contributed by atoms with Crippen molar-refractivity contribution in [3.63, 3.8) is 0 Å². The molecule has 0 nitrogen and oxygen atoms in total. The third-order valence-electron chi connectivity index (χ3n) is 11.0. The van der Waals surface area contributed by atoms with Gasteiger partial charge in [0.1, 0.15) is 0 Å². The van der Waals surface area contributed by atoms with Crippen molar-refractivity contribution < 1.29 is 0 Å². The van der Waals surface area contributed by atoms with Crippen LogP contribution in [0.2, 0.25) is 0 Å². The van der Waals surface area contributed by atoms with E-state index in [0.29, 0.717) is 0 Å². The van der Waals surface area contributed by atoms with Gasteiger partial charge >= 0.3 is 0 Å². The molecule has 0 heterocycles. The van der Waals surface area contributed by atoms with Gasteiger partial charge in [-0.15, -0.1) is 0 Å². The molecule has 0 radical (unpaired) electrons. The maximum atomic E-state index is 2.54. The lowest BCUT2D eigenvalue weighted by Gasteiger charge is -2.22. The summed E-state index contributed by atoms with van der Waals surface area (Å²) in [6, 6.07) is 56.9. The van der Waals surface area contributed by atoms with Gasteiger partial charge in [-0.25, -0.2) is 0 Å². The fraction of sp³-hybridized carbons (Fsp3) is 0.160. The smallest absolute Gasteiger partial charge is 0.000486 e. The molecule has 0 heteroatoms. The molecule has 1 aliphatic rings. The summed E-state index contributed by atoms with van der Waals surface area (Å²) < 4.78 is 0. The maximum Gasteiger partial charge on any atom is -0.000486 e. The van der Waals surface area contributed by atoms with Crippen LogP contribution in [0.5, 0.6) is 0 Å². The Hall–Kier alpha value is -5.46. The van der Waals surface area contributed by atoms with E-state index in [-0.39, 0.29) is 0 Å². The van der Waals surface area contributed by atoms with Crippen LogP contribution in [-0.2, 0) is 6.42 Å². The lowest BCUT2D eigenvalue weighted by atomic mass is 9.81. The predicted molar refractivity (Wildman–Crippen MR) is 217 cm³/mol. The minimum Gasteiger partial charge on any atom is -0.0654 e. The first kappa shape index (κ1) is 30.6. The Balaban J connectivity index is 1.38. The molecule has 0 saturated carbocycles. The fourth-order valence-electron chi connectivity index (χ4n) is 8.62. The fourth-order valence-corrected chi connectivity index (χ4v) is 8.62. The van der Waals surface area contributed by atoms with Crippen LogP contribution >= 0.6 is 0 Å². The Morgan fingerprint density at radius 1 is 0.360 bits per heavy atom. The van der Waals surface area contributed by atoms with Gasteiger partial charge in [0.2, 0.25) is 0 Å². The monoisotopic (exact) mass is 642 g/mol. The van der Waals surface area contributed by atoms with E-state index < -0.39 is 0 Å². The van der Waals surface area contributed by atoms with Crippen LogP contribution in [-0.4, -0.2) is 0 Å². The number of hydrogen-bond donors (Lipinski definition) is 0. The van der Waals surface area contributed by atoms with Crippen molar-refractivity contribution in [2.45, 2.75) is 51.9 Å². The van der Waals surface area contributed by atoms with Crippen molar-refractivity contribution in [3.05, 3.63) is 157 Å². The van der Waals surface area contributed by atoms with E-state index in [1.807, 2.05) is 0 Å². The summed E-state index contributed by atoms with van der Waals surface area (Å²) in [4.78, 5) is 0. The largest absolute Gasteiger partial charge is 0.0654 e. The minimum atomic E-state index is 1.08. The van der Waals surface area contributed by atoms with Gasteiger partial charge in [0.15, 0.2) is 0 Å². The molecular weight excluding hydrogens is 601 g/mol. The van der Waals surface area contributed by atoms with Gasteiger partial charge < -0.3 is 0 Å². The third-order valence-corrected chi connectivity index (χ3v) is 11.0. The summed E-state index contributed by atoms with van der Waals surface area (Å²) >= 11 is 0. The molecule has 0 aromatic heterocycles. The highest BCUT2D eigenvalue weighted by Gasteiger charge is 2.31. The highest BCUT2D eigenvalue weighted by atomic mass is 14.3. The van der Waals surface area contributed by atoms with Crippen LogP contribution in [0.1, 0.15) is 51.0 Å². The molecule has 0 bridgehead atoms. The summed E-state index contributed by atoms with van der Waals surface area (Å²) in [6.07, 6.45) is 8.82. The van der Waals surface area contributed by atoms with E-state index in [4.69, 9.17) is 0 Å². The van der Waals surface area contributed by atoms with Gasteiger partial charge in [-0.3, -0.25) is 0 Å². The van der Waals surface area contributed by atoms with Crippen molar-refractivity contribution in [2.24, 2.45) is 0 Å².